The monoisotopic (exact) mass is 290 g/mol. The number of anilines is 1. The zero-order valence-electron chi connectivity index (χ0n) is 9.69. The quantitative estimate of drug-likeness (QED) is 0.659. The number of nitrogens with one attached hydrogen (secondary N) is 2. The highest BCUT2D eigenvalue weighted by atomic mass is 35.5. The van der Waals surface area contributed by atoms with Gasteiger partial charge in [-0.2, -0.15) is 0 Å². The van der Waals surface area contributed by atoms with Crippen LogP contribution in [-0.2, 0) is 4.79 Å². The van der Waals surface area contributed by atoms with Crippen molar-refractivity contribution in [2.45, 2.75) is 12.5 Å². The van der Waals surface area contributed by atoms with E-state index in [0.717, 1.165) is 12.1 Å². The van der Waals surface area contributed by atoms with Gasteiger partial charge in [-0.05, 0) is 18.2 Å². The minimum absolute atomic E-state index is 0.0494. The van der Waals surface area contributed by atoms with Crippen molar-refractivity contribution in [2.75, 3.05) is 11.9 Å². The number of hydrogen-bond donors (Lipinski definition) is 4. The van der Waals surface area contributed by atoms with E-state index in [1.54, 1.807) is 0 Å². The second kappa shape index (κ2) is 6.91. The molecule has 0 saturated heterocycles. The van der Waals surface area contributed by atoms with Crippen LogP contribution < -0.4 is 10.6 Å². The minimum Gasteiger partial charge on any atom is -0.479 e. The number of aliphatic hydroxyl groups excluding tert-OH is 1. The van der Waals surface area contributed by atoms with Crippen molar-refractivity contribution in [1.82, 2.24) is 5.32 Å². The average molecular weight is 291 g/mol. The number of amides is 2. The van der Waals surface area contributed by atoms with Crippen LogP contribution in [0, 0.1) is 5.82 Å². The van der Waals surface area contributed by atoms with E-state index in [-0.39, 0.29) is 23.7 Å². The summed E-state index contributed by atoms with van der Waals surface area (Å²) in [6.45, 7) is -0.0494. The second-order valence-corrected chi connectivity index (χ2v) is 4.05. The number of aliphatic carboxylic acids is 1. The van der Waals surface area contributed by atoms with E-state index >= 15 is 0 Å². The van der Waals surface area contributed by atoms with Gasteiger partial charge in [-0.25, -0.2) is 14.0 Å². The zero-order valence-corrected chi connectivity index (χ0v) is 10.4. The molecule has 0 aliphatic carbocycles. The maximum atomic E-state index is 12.9. The fraction of sp³-hybridized carbons (Fsp3) is 0.273. The number of benzene rings is 1. The molecule has 0 spiro atoms. The molecule has 0 radical (unpaired) electrons. The number of aliphatic hydroxyl groups is 1. The topological polar surface area (TPSA) is 98.7 Å². The Hall–Kier alpha value is -1.86. The van der Waals surface area contributed by atoms with Crippen LogP contribution in [0.5, 0.6) is 0 Å². The second-order valence-electron chi connectivity index (χ2n) is 3.65. The molecule has 4 N–H and O–H groups in total. The summed E-state index contributed by atoms with van der Waals surface area (Å²) in [5, 5.41) is 22.2. The smallest absolute Gasteiger partial charge is 0.332 e. The lowest BCUT2D eigenvalue weighted by Gasteiger charge is -2.10. The van der Waals surface area contributed by atoms with Crippen molar-refractivity contribution in [3.63, 3.8) is 0 Å². The SMILES string of the molecule is O=C(NCC[C@H](O)C(=O)O)Nc1cc(F)ccc1Cl. The van der Waals surface area contributed by atoms with Crippen molar-refractivity contribution in [1.29, 1.82) is 0 Å². The fourth-order valence-electron chi connectivity index (χ4n) is 1.21. The van der Waals surface area contributed by atoms with Crippen molar-refractivity contribution in [2.24, 2.45) is 0 Å². The first-order chi connectivity index (χ1) is 8.90. The largest absolute Gasteiger partial charge is 0.479 e. The molecule has 8 heteroatoms. The summed E-state index contributed by atoms with van der Waals surface area (Å²) < 4.78 is 12.9. The van der Waals surface area contributed by atoms with E-state index in [9.17, 15) is 14.0 Å². The Labute approximate surface area is 113 Å². The molecule has 0 aliphatic rings. The summed E-state index contributed by atoms with van der Waals surface area (Å²) in [7, 11) is 0. The van der Waals surface area contributed by atoms with Crippen LogP contribution in [0.4, 0.5) is 14.9 Å². The van der Waals surface area contributed by atoms with Crippen molar-refractivity contribution in [3.8, 4) is 0 Å². The first kappa shape index (κ1) is 15.2. The fourth-order valence-corrected chi connectivity index (χ4v) is 1.37. The van der Waals surface area contributed by atoms with Gasteiger partial charge >= 0.3 is 12.0 Å². The van der Waals surface area contributed by atoms with E-state index in [1.807, 2.05) is 0 Å². The molecule has 0 aliphatic heterocycles. The number of urea groups is 1. The van der Waals surface area contributed by atoms with Gasteiger partial charge in [-0.3, -0.25) is 0 Å². The van der Waals surface area contributed by atoms with E-state index in [1.165, 1.54) is 6.07 Å². The maximum Gasteiger partial charge on any atom is 0.332 e. The number of carboxylic acid groups (broad SMARTS) is 1. The van der Waals surface area contributed by atoms with Crippen LogP contribution >= 0.6 is 11.6 Å². The van der Waals surface area contributed by atoms with Crippen LogP contribution in [-0.4, -0.2) is 34.9 Å². The van der Waals surface area contributed by atoms with Crippen LogP contribution in [0.2, 0.25) is 5.02 Å². The molecule has 0 saturated carbocycles. The molecule has 0 heterocycles. The van der Waals surface area contributed by atoms with Gasteiger partial charge < -0.3 is 20.8 Å². The summed E-state index contributed by atoms with van der Waals surface area (Å²) in [4.78, 5) is 21.7. The number of carboxylic acids is 1. The first-order valence-corrected chi connectivity index (χ1v) is 5.68. The molecular formula is C11H12ClFN2O4. The Bertz CT molecular complexity index is 484. The maximum absolute atomic E-state index is 12.9. The highest BCUT2D eigenvalue weighted by molar-refractivity contribution is 6.33. The zero-order chi connectivity index (χ0) is 14.4. The van der Waals surface area contributed by atoms with Crippen LogP contribution in [0.3, 0.4) is 0 Å². The number of carbonyl (C=O) groups excluding carboxylic acids is 1. The molecular weight excluding hydrogens is 279 g/mol. The predicted octanol–water partition coefficient (Wildman–Crippen LogP) is 1.44. The summed E-state index contributed by atoms with van der Waals surface area (Å²) in [6.07, 6.45) is -1.68. The Morgan fingerprint density at radius 3 is 2.74 bits per heavy atom. The van der Waals surface area contributed by atoms with E-state index in [2.05, 4.69) is 10.6 Å². The third kappa shape index (κ3) is 5.11. The van der Waals surface area contributed by atoms with E-state index < -0.39 is 23.9 Å². The van der Waals surface area contributed by atoms with Gasteiger partial charge in [0, 0.05) is 13.0 Å². The normalized spacial score (nSPS) is 11.7. The van der Waals surface area contributed by atoms with E-state index in [0.29, 0.717) is 0 Å². The standard InChI is InChI=1S/C11H12ClFN2O4/c12-7-2-1-6(13)5-8(7)15-11(19)14-4-3-9(16)10(17)18/h1-2,5,9,16H,3-4H2,(H,17,18)(H2,14,15,19)/t9-/m0/s1. The highest BCUT2D eigenvalue weighted by Crippen LogP contribution is 2.22. The van der Waals surface area contributed by atoms with Gasteiger partial charge in [-0.1, -0.05) is 11.6 Å². The summed E-state index contributed by atoms with van der Waals surface area (Å²) in [5.41, 5.74) is 0.0953. The highest BCUT2D eigenvalue weighted by Gasteiger charge is 2.13. The Kier molecular flexibility index (Phi) is 5.53. The van der Waals surface area contributed by atoms with E-state index in [4.69, 9.17) is 21.8 Å². The molecule has 0 fully saturated rings. The van der Waals surface area contributed by atoms with Gasteiger partial charge in [0.05, 0.1) is 10.7 Å². The van der Waals surface area contributed by atoms with Gasteiger partial charge in [-0.15, -0.1) is 0 Å². The first-order valence-electron chi connectivity index (χ1n) is 5.31. The molecule has 0 unspecified atom stereocenters. The Morgan fingerprint density at radius 2 is 2.11 bits per heavy atom. The number of hydrogen-bond acceptors (Lipinski definition) is 3. The van der Waals surface area contributed by atoms with Crippen molar-refractivity contribution < 1.29 is 24.2 Å². The molecule has 19 heavy (non-hydrogen) atoms. The van der Waals surface area contributed by atoms with Crippen LogP contribution in [0.25, 0.3) is 0 Å². The minimum atomic E-state index is -1.54. The van der Waals surface area contributed by atoms with Gasteiger partial charge in [0.15, 0.2) is 6.10 Å². The van der Waals surface area contributed by atoms with Gasteiger partial charge in [0.2, 0.25) is 0 Å². The molecule has 0 aromatic heterocycles. The molecule has 104 valence electrons. The molecule has 6 nitrogen and oxygen atoms in total. The molecule has 1 aromatic carbocycles. The third-order valence-corrected chi connectivity index (χ3v) is 2.49. The number of carbonyl (C=O) groups is 2. The lowest BCUT2D eigenvalue weighted by Crippen LogP contribution is -2.33. The third-order valence-electron chi connectivity index (χ3n) is 2.16. The van der Waals surface area contributed by atoms with Crippen molar-refractivity contribution >= 4 is 29.3 Å². The molecule has 0 bridgehead atoms. The predicted molar refractivity (Wildman–Crippen MR) is 66.7 cm³/mol. The average Bonchev–Trinajstić information content (AvgIpc) is 2.33. The Balaban J connectivity index is 2.43. The molecule has 1 rings (SSSR count). The molecule has 1 aromatic rings. The summed E-state index contributed by atoms with van der Waals surface area (Å²) in [6, 6.07) is 2.81. The lowest BCUT2D eigenvalue weighted by molar-refractivity contribution is -0.146. The van der Waals surface area contributed by atoms with Crippen molar-refractivity contribution in [3.05, 3.63) is 29.0 Å². The summed E-state index contributed by atoms with van der Waals surface area (Å²) >= 11 is 5.74. The summed E-state index contributed by atoms with van der Waals surface area (Å²) in [5.74, 6) is -1.92. The van der Waals surface area contributed by atoms with Crippen LogP contribution in [0.15, 0.2) is 18.2 Å². The molecule has 2 amide bonds. The molecule has 1 atom stereocenters. The Morgan fingerprint density at radius 1 is 1.42 bits per heavy atom. The van der Waals surface area contributed by atoms with Gasteiger partial charge in [0.25, 0.3) is 0 Å². The van der Waals surface area contributed by atoms with Crippen LogP contribution in [0.1, 0.15) is 6.42 Å². The lowest BCUT2D eigenvalue weighted by atomic mass is 10.2. The number of rotatable bonds is 5. The number of halogens is 2. The van der Waals surface area contributed by atoms with Gasteiger partial charge in [0.1, 0.15) is 5.82 Å².